The number of amides is 1. The Bertz CT molecular complexity index is 219. The van der Waals surface area contributed by atoms with Gasteiger partial charge in [-0.25, -0.2) is 0 Å². The van der Waals surface area contributed by atoms with E-state index in [-0.39, 0.29) is 6.61 Å². The van der Waals surface area contributed by atoms with Crippen molar-refractivity contribution in [2.24, 2.45) is 0 Å². The monoisotopic (exact) mass is 203 g/mol. The molecule has 0 aromatic heterocycles. The van der Waals surface area contributed by atoms with Gasteiger partial charge in [0.2, 0.25) is 5.91 Å². The van der Waals surface area contributed by atoms with Gasteiger partial charge in [0.25, 0.3) is 0 Å². The molecule has 0 aliphatic heterocycles. The molecule has 5 nitrogen and oxygen atoms in total. The van der Waals surface area contributed by atoms with Crippen molar-refractivity contribution < 1.29 is 19.4 Å². The Morgan fingerprint density at radius 2 is 1.93 bits per heavy atom. The third kappa shape index (κ3) is 6.42. The van der Waals surface area contributed by atoms with E-state index in [1.54, 1.807) is 0 Å². The van der Waals surface area contributed by atoms with Crippen LogP contribution in [0, 0.1) is 0 Å². The molecule has 82 valence electrons. The van der Waals surface area contributed by atoms with Crippen molar-refractivity contribution in [1.82, 2.24) is 5.32 Å². The number of aliphatic carboxylic acids is 1. The van der Waals surface area contributed by atoms with Gasteiger partial charge in [-0.1, -0.05) is 0 Å². The predicted octanol–water partition coefficient (Wildman–Crippen LogP) is 0.391. The summed E-state index contributed by atoms with van der Waals surface area (Å²) >= 11 is 0. The molecule has 1 atom stereocenters. The maximum absolute atomic E-state index is 11.1. The van der Waals surface area contributed by atoms with Gasteiger partial charge in [-0.2, -0.15) is 0 Å². The van der Waals surface area contributed by atoms with E-state index in [9.17, 15) is 9.59 Å². The van der Waals surface area contributed by atoms with Crippen LogP contribution >= 0.6 is 0 Å². The highest BCUT2D eigenvalue weighted by atomic mass is 16.5. The molecule has 0 spiro atoms. The summed E-state index contributed by atoms with van der Waals surface area (Å²) in [5.41, 5.74) is -0.399. The lowest BCUT2D eigenvalue weighted by Crippen LogP contribution is -2.41. The Hall–Kier alpha value is -1.10. The summed E-state index contributed by atoms with van der Waals surface area (Å²) in [6, 6.07) is -0.883. The number of ether oxygens (including phenoxy) is 1. The fourth-order valence-electron chi connectivity index (χ4n) is 0.627. The number of hydrogen-bond donors (Lipinski definition) is 2. The van der Waals surface area contributed by atoms with Gasteiger partial charge < -0.3 is 15.2 Å². The van der Waals surface area contributed by atoms with Crippen LogP contribution in [0.15, 0.2) is 0 Å². The highest BCUT2D eigenvalue weighted by Crippen LogP contribution is 2.05. The standard InChI is InChI=1S/C9H17NO4/c1-6(8(12)13)10-7(11)5-14-9(2,3)4/h6H,5H2,1-4H3,(H,10,11)(H,12,13)/t6-/m1/s1. The second kappa shape index (κ2) is 4.95. The zero-order valence-electron chi connectivity index (χ0n) is 8.96. The molecular formula is C9H17NO4. The summed E-state index contributed by atoms with van der Waals surface area (Å²) in [6.45, 7) is 6.74. The lowest BCUT2D eigenvalue weighted by molar-refractivity contribution is -0.143. The van der Waals surface area contributed by atoms with Gasteiger partial charge in [-0.15, -0.1) is 0 Å². The maximum Gasteiger partial charge on any atom is 0.325 e. The van der Waals surface area contributed by atoms with Gasteiger partial charge in [0.1, 0.15) is 12.6 Å². The molecule has 0 bridgehead atoms. The lowest BCUT2D eigenvalue weighted by atomic mass is 10.2. The van der Waals surface area contributed by atoms with Crippen LogP contribution < -0.4 is 5.32 Å². The molecule has 0 fully saturated rings. The van der Waals surface area contributed by atoms with Gasteiger partial charge in [-0.3, -0.25) is 9.59 Å². The molecule has 0 aromatic rings. The second-order valence-corrected chi connectivity index (χ2v) is 4.03. The molecule has 0 aliphatic rings. The van der Waals surface area contributed by atoms with E-state index in [0.29, 0.717) is 0 Å². The first-order chi connectivity index (χ1) is 6.22. The Balaban J connectivity index is 3.83. The SMILES string of the molecule is C[C@@H](NC(=O)COC(C)(C)C)C(=O)O. The van der Waals surface area contributed by atoms with Gasteiger partial charge in [0, 0.05) is 0 Å². The second-order valence-electron chi connectivity index (χ2n) is 4.03. The molecule has 0 saturated heterocycles. The van der Waals surface area contributed by atoms with Gasteiger partial charge in [0.15, 0.2) is 0 Å². The fourth-order valence-corrected chi connectivity index (χ4v) is 0.627. The van der Waals surface area contributed by atoms with Crippen LogP contribution in [-0.2, 0) is 14.3 Å². The highest BCUT2D eigenvalue weighted by molar-refractivity contribution is 5.83. The molecule has 0 aliphatic carbocycles. The first kappa shape index (κ1) is 12.9. The molecule has 0 radical (unpaired) electrons. The third-order valence-corrected chi connectivity index (χ3v) is 1.38. The van der Waals surface area contributed by atoms with Crippen LogP contribution in [0.1, 0.15) is 27.7 Å². The average molecular weight is 203 g/mol. The van der Waals surface area contributed by atoms with Crippen molar-refractivity contribution in [2.75, 3.05) is 6.61 Å². The van der Waals surface area contributed by atoms with Crippen molar-refractivity contribution in [1.29, 1.82) is 0 Å². The van der Waals surface area contributed by atoms with Crippen molar-refractivity contribution >= 4 is 11.9 Å². The van der Waals surface area contributed by atoms with Crippen molar-refractivity contribution in [3.05, 3.63) is 0 Å². The number of hydrogen-bond acceptors (Lipinski definition) is 3. The summed E-state index contributed by atoms with van der Waals surface area (Å²) in [4.78, 5) is 21.5. The summed E-state index contributed by atoms with van der Waals surface area (Å²) in [7, 11) is 0. The zero-order chi connectivity index (χ0) is 11.4. The van der Waals surface area contributed by atoms with Crippen LogP contribution in [0.4, 0.5) is 0 Å². The Morgan fingerprint density at radius 1 is 1.43 bits per heavy atom. The molecule has 2 N–H and O–H groups in total. The number of nitrogens with one attached hydrogen (secondary N) is 1. The third-order valence-electron chi connectivity index (χ3n) is 1.38. The van der Waals surface area contributed by atoms with E-state index in [1.165, 1.54) is 6.92 Å². The van der Waals surface area contributed by atoms with Crippen LogP contribution in [-0.4, -0.2) is 35.2 Å². The Morgan fingerprint density at radius 3 is 2.29 bits per heavy atom. The minimum atomic E-state index is -1.06. The summed E-state index contributed by atoms with van der Waals surface area (Å²) in [6.07, 6.45) is 0. The van der Waals surface area contributed by atoms with Crippen LogP contribution in [0.2, 0.25) is 0 Å². The number of carbonyl (C=O) groups is 2. The number of carboxylic acid groups (broad SMARTS) is 1. The molecular weight excluding hydrogens is 186 g/mol. The largest absolute Gasteiger partial charge is 0.480 e. The molecule has 0 unspecified atom stereocenters. The smallest absolute Gasteiger partial charge is 0.325 e. The summed E-state index contributed by atoms with van der Waals surface area (Å²) in [5, 5.41) is 10.8. The van der Waals surface area contributed by atoms with Crippen molar-refractivity contribution in [2.45, 2.75) is 39.3 Å². The van der Waals surface area contributed by atoms with Crippen molar-refractivity contribution in [3.8, 4) is 0 Å². The van der Waals surface area contributed by atoms with Crippen LogP contribution in [0.25, 0.3) is 0 Å². The van der Waals surface area contributed by atoms with E-state index in [1.807, 2.05) is 20.8 Å². The molecule has 0 saturated carbocycles. The minimum Gasteiger partial charge on any atom is -0.480 e. The van der Waals surface area contributed by atoms with E-state index in [2.05, 4.69) is 5.32 Å². The van der Waals surface area contributed by atoms with Crippen LogP contribution in [0.5, 0.6) is 0 Å². The van der Waals surface area contributed by atoms with E-state index in [4.69, 9.17) is 9.84 Å². The van der Waals surface area contributed by atoms with Crippen LogP contribution in [0.3, 0.4) is 0 Å². The molecule has 0 aromatic carbocycles. The molecule has 14 heavy (non-hydrogen) atoms. The van der Waals surface area contributed by atoms with Gasteiger partial charge in [0.05, 0.1) is 5.60 Å². The van der Waals surface area contributed by atoms with Crippen molar-refractivity contribution in [3.63, 3.8) is 0 Å². The highest BCUT2D eigenvalue weighted by Gasteiger charge is 2.16. The summed E-state index contributed by atoms with van der Waals surface area (Å²) < 4.78 is 5.17. The average Bonchev–Trinajstić information content (AvgIpc) is 1.99. The van der Waals surface area contributed by atoms with E-state index in [0.717, 1.165) is 0 Å². The summed E-state index contributed by atoms with van der Waals surface area (Å²) in [5.74, 6) is -1.48. The van der Waals surface area contributed by atoms with E-state index >= 15 is 0 Å². The molecule has 0 rings (SSSR count). The lowest BCUT2D eigenvalue weighted by Gasteiger charge is -2.19. The zero-order valence-corrected chi connectivity index (χ0v) is 8.96. The van der Waals surface area contributed by atoms with Gasteiger partial charge in [-0.05, 0) is 27.7 Å². The Kier molecular flexibility index (Phi) is 4.56. The normalized spacial score (nSPS) is 13.4. The molecule has 1 amide bonds. The van der Waals surface area contributed by atoms with Gasteiger partial charge >= 0.3 is 5.97 Å². The molecule has 0 heterocycles. The minimum absolute atomic E-state index is 0.124. The fraction of sp³-hybridized carbons (Fsp3) is 0.778. The molecule has 5 heteroatoms. The quantitative estimate of drug-likeness (QED) is 0.693. The van der Waals surface area contributed by atoms with E-state index < -0.39 is 23.5 Å². The number of carbonyl (C=O) groups excluding carboxylic acids is 1. The first-order valence-corrected chi connectivity index (χ1v) is 4.38. The Labute approximate surface area is 83.4 Å². The maximum atomic E-state index is 11.1. The number of carboxylic acids is 1. The topological polar surface area (TPSA) is 75.6 Å². The predicted molar refractivity (Wildman–Crippen MR) is 50.9 cm³/mol. The number of rotatable bonds is 4. The first-order valence-electron chi connectivity index (χ1n) is 4.38.